The summed E-state index contributed by atoms with van der Waals surface area (Å²) in [4.78, 5) is 22.8. The van der Waals surface area contributed by atoms with Gasteiger partial charge in [0.1, 0.15) is 0 Å². The van der Waals surface area contributed by atoms with Crippen LogP contribution < -0.4 is 5.32 Å². The van der Waals surface area contributed by atoms with E-state index in [4.69, 9.17) is 0 Å². The van der Waals surface area contributed by atoms with Crippen molar-refractivity contribution in [2.24, 2.45) is 0 Å². The quantitative estimate of drug-likeness (QED) is 0.421. The first kappa shape index (κ1) is 16.4. The molecule has 0 radical (unpaired) electrons. The molecule has 0 saturated heterocycles. The van der Waals surface area contributed by atoms with Crippen molar-refractivity contribution in [3.05, 3.63) is 31.8 Å². The molecule has 0 aliphatic heterocycles. The van der Waals surface area contributed by atoms with Crippen molar-refractivity contribution >= 4 is 50.4 Å². The summed E-state index contributed by atoms with van der Waals surface area (Å²) in [7, 11) is 1.37. The van der Waals surface area contributed by atoms with Crippen LogP contribution in [-0.4, -0.2) is 25.5 Å². The Bertz CT molecular complexity index is 465. The van der Waals surface area contributed by atoms with Crippen LogP contribution in [0.5, 0.6) is 0 Å². The van der Waals surface area contributed by atoms with Crippen LogP contribution in [0.2, 0.25) is 0 Å². The van der Waals surface area contributed by atoms with Crippen LogP contribution in [0.15, 0.2) is 22.7 Å². The molecule has 0 heterocycles. The van der Waals surface area contributed by atoms with E-state index < -0.39 is 0 Å². The van der Waals surface area contributed by atoms with Gasteiger partial charge in [-0.2, -0.15) is 0 Å². The monoisotopic (exact) mass is 439 g/mol. The molecular weight excluding hydrogens is 425 g/mol. The number of carbonyl (C=O) groups excluding carboxylic acids is 2. The molecule has 0 unspecified atom stereocenters. The summed E-state index contributed by atoms with van der Waals surface area (Å²) >= 11 is 5.48. The minimum absolute atomic E-state index is 0.0937. The van der Waals surface area contributed by atoms with E-state index in [1.54, 1.807) is 6.07 Å². The lowest BCUT2D eigenvalue weighted by atomic mass is 10.2. The number of rotatable bonds is 6. The van der Waals surface area contributed by atoms with Crippen molar-refractivity contribution < 1.29 is 14.3 Å². The second-order valence-corrected chi connectivity index (χ2v) is 5.99. The van der Waals surface area contributed by atoms with Gasteiger partial charge in [0.05, 0.1) is 12.7 Å². The zero-order valence-electron chi connectivity index (χ0n) is 10.5. The number of esters is 1. The Morgan fingerprint density at radius 2 is 2.11 bits per heavy atom. The molecule has 0 bridgehead atoms. The van der Waals surface area contributed by atoms with Crippen molar-refractivity contribution in [1.29, 1.82) is 0 Å². The van der Waals surface area contributed by atoms with Crippen molar-refractivity contribution in [3.8, 4) is 0 Å². The van der Waals surface area contributed by atoms with Gasteiger partial charge in [-0.25, -0.2) is 0 Å². The van der Waals surface area contributed by atoms with E-state index >= 15 is 0 Å². The molecular formula is C13H15BrINO3. The Hall–Kier alpha value is -0.630. The average molecular weight is 440 g/mol. The SMILES string of the molecule is COC(=O)CCCCNC(=O)c1cc(Br)ccc1I. The van der Waals surface area contributed by atoms with Gasteiger partial charge in [-0.1, -0.05) is 15.9 Å². The molecule has 104 valence electrons. The molecule has 6 heteroatoms. The van der Waals surface area contributed by atoms with Crippen LogP contribution in [-0.2, 0) is 9.53 Å². The van der Waals surface area contributed by atoms with E-state index in [0.717, 1.165) is 14.5 Å². The molecule has 0 aromatic heterocycles. The highest BCUT2D eigenvalue weighted by molar-refractivity contribution is 14.1. The summed E-state index contributed by atoms with van der Waals surface area (Å²) in [6.07, 6.45) is 1.86. The van der Waals surface area contributed by atoms with Crippen LogP contribution in [0.25, 0.3) is 0 Å². The molecule has 0 fully saturated rings. The van der Waals surface area contributed by atoms with Crippen molar-refractivity contribution in [2.75, 3.05) is 13.7 Å². The fourth-order valence-electron chi connectivity index (χ4n) is 1.47. The minimum atomic E-state index is -0.215. The first-order valence-electron chi connectivity index (χ1n) is 5.84. The second kappa shape index (κ2) is 8.52. The van der Waals surface area contributed by atoms with E-state index in [9.17, 15) is 9.59 Å². The summed E-state index contributed by atoms with van der Waals surface area (Å²) < 4.78 is 6.33. The van der Waals surface area contributed by atoms with Gasteiger partial charge in [0, 0.05) is 21.0 Å². The molecule has 1 aromatic rings. The summed E-state index contributed by atoms with van der Waals surface area (Å²) in [5, 5.41) is 2.84. The Morgan fingerprint density at radius 1 is 1.37 bits per heavy atom. The van der Waals surface area contributed by atoms with Crippen LogP contribution in [0.1, 0.15) is 29.6 Å². The Balaban J connectivity index is 2.35. The standard InChI is InChI=1S/C13H15BrINO3/c1-19-12(17)4-2-3-7-16-13(18)10-8-9(14)5-6-11(10)15/h5-6,8H,2-4,7H2,1H3,(H,16,18). The lowest BCUT2D eigenvalue weighted by molar-refractivity contribution is -0.140. The van der Waals surface area contributed by atoms with Crippen LogP contribution >= 0.6 is 38.5 Å². The van der Waals surface area contributed by atoms with E-state index in [-0.39, 0.29) is 11.9 Å². The zero-order valence-corrected chi connectivity index (χ0v) is 14.3. The van der Waals surface area contributed by atoms with E-state index in [1.165, 1.54) is 7.11 Å². The number of hydrogen-bond acceptors (Lipinski definition) is 3. The summed E-state index contributed by atoms with van der Waals surface area (Å²) in [6, 6.07) is 5.58. The first-order valence-corrected chi connectivity index (χ1v) is 7.72. The molecule has 0 aliphatic rings. The van der Waals surface area contributed by atoms with Crippen molar-refractivity contribution in [2.45, 2.75) is 19.3 Å². The van der Waals surface area contributed by atoms with Gasteiger partial charge >= 0.3 is 5.97 Å². The Morgan fingerprint density at radius 3 is 2.79 bits per heavy atom. The fourth-order valence-corrected chi connectivity index (χ4v) is 2.41. The van der Waals surface area contributed by atoms with Gasteiger partial charge in [-0.15, -0.1) is 0 Å². The van der Waals surface area contributed by atoms with Gasteiger partial charge in [0.25, 0.3) is 5.91 Å². The second-order valence-electron chi connectivity index (χ2n) is 3.91. The molecule has 1 amide bonds. The van der Waals surface area contributed by atoms with Gasteiger partial charge in [-0.05, 0) is 53.6 Å². The average Bonchev–Trinajstić information content (AvgIpc) is 2.40. The van der Waals surface area contributed by atoms with Gasteiger partial charge in [0.2, 0.25) is 0 Å². The number of nitrogens with one attached hydrogen (secondary N) is 1. The largest absolute Gasteiger partial charge is 0.469 e. The molecule has 19 heavy (non-hydrogen) atoms. The predicted octanol–water partition coefficient (Wildman–Crippen LogP) is 3.13. The van der Waals surface area contributed by atoms with E-state index in [0.29, 0.717) is 24.9 Å². The van der Waals surface area contributed by atoms with Crippen molar-refractivity contribution in [1.82, 2.24) is 5.32 Å². The Kier molecular flexibility index (Phi) is 7.37. The topological polar surface area (TPSA) is 55.4 Å². The normalized spacial score (nSPS) is 10.1. The number of methoxy groups -OCH3 is 1. The molecule has 1 N–H and O–H groups in total. The molecule has 0 saturated carbocycles. The number of halogens is 2. The molecule has 4 nitrogen and oxygen atoms in total. The lowest BCUT2D eigenvalue weighted by Crippen LogP contribution is -2.25. The molecule has 1 aromatic carbocycles. The van der Waals surface area contributed by atoms with Gasteiger partial charge in [0.15, 0.2) is 0 Å². The highest BCUT2D eigenvalue weighted by Crippen LogP contribution is 2.18. The predicted molar refractivity (Wildman–Crippen MR) is 85.1 cm³/mol. The number of carbonyl (C=O) groups is 2. The van der Waals surface area contributed by atoms with Gasteiger partial charge < -0.3 is 10.1 Å². The summed E-state index contributed by atoms with van der Waals surface area (Å²) in [6.45, 7) is 0.554. The molecule has 0 spiro atoms. The highest BCUT2D eigenvalue weighted by atomic mass is 127. The number of benzene rings is 1. The molecule has 1 rings (SSSR count). The molecule has 0 aliphatic carbocycles. The van der Waals surface area contributed by atoms with Crippen molar-refractivity contribution in [3.63, 3.8) is 0 Å². The Labute approximate surface area is 134 Å². The first-order chi connectivity index (χ1) is 9.04. The summed E-state index contributed by atoms with van der Waals surface area (Å²) in [5.41, 5.74) is 0.656. The third-order valence-corrected chi connectivity index (χ3v) is 3.93. The van der Waals surface area contributed by atoms with Crippen LogP contribution in [0.4, 0.5) is 0 Å². The van der Waals surface area contributed by atoms with E-state index in [2.05, 4.69) is 48.6 Å². The zero-order chi connectivity index (χ0) is 14.3. The number of hydrogen-bond donors (Lipinski definition) is 1. The lowest BCUT2D eigenvalue weighted by Gasteiger charge is -2.07. The number of ether oxygens (including phenoxy) is 1. The van der Waals surface area contributed by atoms with E-state index in [1.807, 2.05) is 12.1 Å². The maximum atomic E-state index is 11.9. The number of unbranched alkanes of at least 4 members (excludes halogenated alkanes) is 1. The third kappa shape index (κ3) is 5.90. The highest BCUT2D eigenvalue weighted by Gasteiger charge is 2.09. The maximum absolute atomic E-state index is 11.9. The minimum Gasteiger partial charge on any atom is -0.469 e. The fraction of sp³-hybridized carbons (Fsp3) is 0.385. The summed E-state index contributed by atoms with van der Waals surface area (Å²) in [5.74, 6) is -0.309. The van der Waals surface area contributed by atoms with Gasteiger partial charge in [-0.3, -0.25) is 9.59 Å². The number of amides is 1. The van der Waals surface area contributed by atoms with Crippen LogP contribution in [0, 0.1) is 3.57 Å². The van der Waals surface area contributed by atoms with Crippen LogP contribution in [0.3, 0.4) is 0 Å². The molecule has 0 atom stereocenters. The maximum Gasteiger partial charge on any atom is 0.305 e. The smallest absolute Gasteiger partial charge is 0.305 e. The third-order valence-electron chi connectivity index (χ3n) is 2.49.